The van der Waals surface area contributed by atoms with E-state index < -0.39 is 23.7 Å². The fourth-order valence-electron chi connectivity index (χ4n) is 16.5. The predicted octanol–water partition coefficient (Wildman–Crippen LogP) is 24.4. The molecule has 1 saturated carbocycles. The summed E-state index contributed by atoms with van der Waals surface area (Å²) in [5.41, 5.74) is 27.3. The summed E-state index contributed by atoms with van der Waals surface area (Å²) in [4.78, 5) is 86.7. The average molecular weight is 1480 g/mol. The molecule has 2 aliphatic heterocycles. The van der Waals surface area contributed by atoms with Gasteiger partial charge in [-0.25, -0.2) is 9.97 Å². The van der Waals surface area contributed by atoms with E-state index in [1.54, 1.807) is 0 Å². The third-order valence-corrected chi connectivity index (χ3v) is 22.5. The van der Waals surface area contributed by atoms with Crippen LogP contribution in [-0.2, 0) is 4.79 Å². The SMILES string of the molecule is CC1=C(/C=C/C(C)=C/C=C/C(C)=C/C=C/C=C(C)/C=C/C=C(C)/C=C/c2ccc(C(=O)Nc3ccc(-c4c5nc(c(-c6ccc(C)cc6)c6ccc([nH]6)c(-c6ccc(NC(=O)c7ccc8c(c7)C(=O)C7=C(C8=O)C8CC7CC8C(=O)O)cc6)c6nc(c(-c7ccc(C)cc7)c7ccc4[nH]7)C=C6)C=C5)cc3)cc2)C(C)(C)CCC1. The van der Waals surface area contributed by atoms with Gasteiger partial charge in [-0.1, -0.05) is 223 Å². The van der Waals surface area contributed by atoms with Gasteiger partial charge in [0.05, 0.1) is 28.7 Å². The van der Waals surface area contributed by atoms with Crippen molar-refractivity contribution >= 4 is 93.2 Å². The molecule has 0 radical (unpaired) electrons. The van der Waals surface area contributed by atoms with Crippen molar-refractivity contribution in [2.24, 2.45) is 23.2 Å². The lowest BCUT2D eigenvalue weighted by Crippen LogP contribution is -2.32. The molecule has 10 bridgehead atoms. The van der Waals surface area contributed by atoms with E-state index >= 15 is 0 Å². The van der Waals surface area contributed by atoms with Gasteiger partial charge in [-0.15, -0.1) is 0 Å². The van der Waals surface area contributed by atoms with Gasteiger partial charge in [0.2, 0.25) is 0 Å². The number of rotatable bonds is 19. The Bertz CT molecular complexity index is 5980. The van der Waals surface area contributed by atoms with Crippen LogP contribution in [0.15, 0.2) is 287 Å². The van der Waals surface area contributed by atoms with Crippen molar-refractivity contribution in [1.29, 1.82) is 0 Å². The van der Waals surface area contributed by atoms with E-state index in [0.29, 0.717) is 46.6 Å². The summed E-state index contributed by atoms with van der Waals surface area (Å²) >= 11 is 0. The molecule has 6 aromatic carbocycles. The van der Waals surface area contributed by atoms with Crippen molar-refractivity contribution in [2.45, 2.75) is 94.4 Å². The minimum atomic E-state index is -0.949. The lowest BCUT2D eigenvalue weighted by Gasteiger charge is -2.32. The average Bonchev–Trinajstić information content (AvgIpc) is 1.57. The zero-order valence-corrected chi connectivity index (χ0v) is 65.1. The topological polar surface area (TPSA) is 187 Å². The van der Waals surface area contributed by atoms with Gasteiger partial charge in [-0.2, -0.15) is 0 Å². The van der Waals surface area contributed by atoms with Gasteiger partial charge in [-0.05, 0) is 228 Å². The fourth-order valence-corrected chi connectivity index (χ4v) is 16.5. The van der Waals surface area contributed by atoms with Gasteiger partial charge >= 0.3 is 5.97 Å². The maximum atomic E-state index is 14.1. The summed E-state index contributed by atoms with van der Waals surface area (Å²) < 4.78 is 0. The Morgan fingerprint density at radius 3 is 1.35 bits per heavy atom. The highest BCUT2D eigenvalue weighted by Gasteiger charge is 2.54. The number of nitrogens with zero attached hydrogens (tertiary/aromatic N) is 2. The Morgan fingerprint density at radius 1 is 0.469 bits per heavy atom. The van der Waals surface area contributed by atoms with Crippen LogP contribution in [0.2, 0.25) is 0 Å². The van der Waals surface area contributed by atoms with E-state index in [1.165, 1.54) is 59.8 Å². The summed E-state index contributed by atoms with van der Waals surface area (Å²) in [6.45, 7) is 19.6. The number of aromatic nitrogens is 4. The van der Waals surface area contributed by atoms with Crippen molar-refractivity contribution in [2.75, 3.05) is 10.6 Å². The van der Waals surface area contributed by atoms with Crippen LogP contribution in [0.5, 0.6) is 0 Å². The maximum Gasteiger partial charge on any atom is 0.307 e. The molecule has 12 heteroatoms. The molecular formula is C101H90N6O6. The van der Waals surface area contributed by atoms with E-state index in [1.807, 2.05) is 91.0 Å². The molecule has 9 aromatic rings. The molecule has 5 heterocycles. The highest BCUT2D eigenvalue weighted by Crippen LogP contribution is 2.55. The second-order valence-corrected chi connectivity index (χ2v) is 31.2. The summed E-state index contributed by atoms with van der Waals surface area (Å²) in [5.74, 6) is -3.73. The molecule has 560 valence electrons. The first-order valence-electron chi connectivity index (χ1n) is 38.8. The lowest BCUT2D eigenvalue weighted by molar-refractivity contribution is -0.142. The normalized spacial score (nSPS) is 17.7. The van der Waals surface area contributed by atoms with Crippen molar-refractivity contribution in [3.05, 3.63) is 349 Å². The molecule has 15 rings (SSSR count). The van der Waals surface area contributed by atoms with E-state index in [4.69, 9.17) is 9.97 Å². The molecule has 3 unspecified atom stereocenters. The standard InChI is InChI=1S/C101H90N6O6/c1-60(15-10-11-16-61(2)18-13-20-63(4)27-47-81-66(7)21-14-56-101(81,8)9)17-12-19-62(3)22-28-67-29-35-72(36-30-67)98(110)102-75-42-37-70(38-43-75)92-86-52-48-82(104-86)90(68-31-23-64(5)24-32-68)84-50-54-88(106-84)93(89-55-51-85(107-89)91(83-49-53-87(92)105-83)69-33-25-65(6)26-34-69)71-39-44-76(45-40-71)103-99(111)73-41-46-77-79(57-73)97(109)94-74-58-78(95(94)96(77)108)80(59-74)100(112)113/h10-13,15-20,22-55,57,74,78,80,104,107H,14,21,56,58-59H2,1-9H3,(H,102,110)(H,103,111)(H,112,113)/b11-10+,17-12+,18-13+,28-22+,47-27+,60-15+,61-16+,62-19+,63-20+,90-82?,90-84?,91-83?,91-85?,92-86?,92-87?,93-88?,93-89?. The predicted molar refractivity (Wildman–Crippen MR) is 463 cm³/mol. The highest BCUT2D eigenvalue weighted by atomic mass is 16.4. The summed E-state index contributed by atoms with van der Waals surface area (Å²) in [5, 5.41) is 16.0. The number of carboxylic acids is 1. The first kappa shape index (κ1) is 75.2. The van der Waals surface area contributed by atoms with Crippen molar-refractivity contribution in [1.82, 2.24) is 19.9 Å². The minimum Gasteiger partial charge on any atom is -0.481 e. The van der Waals surface area contributed by atoms with Crippen LogP contribution >= 0.6 is 0 Å². The van der Waals surface area contributed by atoms with Crippen LogP contribution in [-0.4, -0.2) is 54.4 Å². The summed E-state index contributed by atoms with van der Waals surface area (Å²) in [6, 6.07) is 52.8. The number of benzene rings is 6. The number of carbonyl (C=O) groups is 5. The fraction of sp³-hybridized carbons (Fsp3) is 0.178. The molecule has 0 saturated heterocycles. The number of H-pyrrole nitrogens is 2. The molecule has 3 atom stereocenters. The summed E-state index contributed by atoms with van der Waals surface area (Å²) in [7, 11) is 0. The number of anilines is 2. The number of hydrogen-bond donors (Lipinski definition) is 5. The van der Waals surface area contributed by atoms with Crippen molar-refractivity contribution in [3.8, 4) is 44.5 Å². The van der Waals surface area contributed by atoms with Gasteiger partial charge in [0.25, 0.3) is 11.8 Å². The smallest absolute Gasteiger partial charge is 0.307 e. The number of fused-ring (bicyclic) bond motifs is 13. The molecule has 12 nitrogen and oxygen atoms in total. The number of aliphatic carboxylic acids is 1. The number of aryl methyl sites for hydroxylation is 2. The van der Waals surface area contributed by atoms with E-state index in [9.17, 15) is 29.1 Å². The number of allylic oxidation sites excluding steroid dienone is 21. The highest BCUT2D eigenvalue weighted by molar-refractivity contribution is 6.29. The quantitative estimate of drug-likeness (QED) is 0.0495. The molecule has 3 aromatic heterocycles. The van der Waals surface area contributed by atoms with Gasteiger partial charge in [0, 0.05) is 95.0 Å². The van der Waals surface area contributed by atoms with Crippen LogP contribution in [0.25, 0.3) is 97.0 Å². The number of Topliss-reactive ketones (excluding diaryl/α,β-unsaturated/α-hetero) is 2. The second-order valence-electron chi connectivity index (χ2n) is 31.2. The molecule has 2 amide bonds. The zero-order valence-electron chi connectivity index (χ0n) is 65.1. The van der Waals surface area contributed by atoms with E-state index in [2.05, 4.69) is 247 Å². The minimum absolute atomic E-state index is 0.166. The molecule has 1 fully saturated rings. The number of ketones is 2. The third kappa shape index (κ3) is 16.1. The number of hydrogen-bond acceptors (Lipinski definition) is 7. The number of carbonyl (C=O) groups excluding carboxylic acids is 4. The van der Waals surface area contributed by atoms with Crippen molar-refractivity contribution in [3.63, 3.8) is 0 Å². The maximum absolute atomic E-state index is 14.1. The zero-order chi connectivity index (χ0) is 78.8. The van der Waals surface area contributed by atoms with Crippen molar-refractivity contribution < 1.29 is 29.1 Å². The Balaban J connectivity index is 0.671. The molecule has 6 aliphatic rings. The molecular weight excluding hydrogens is 1390 g/mol. The lowest BCUT2D eigenvalue weighted by atomic mass is 9.72. The van der Waals surface area contributed by atoms with E-state index in [-0.39, 0.29) is 45.5 Å². The first-order chi connectivity index (χ1) is 54.6. The van der Waals surface area contributed by atoms with E-state index in [0.717, 1.165) is 111 Å². The molecule has 4 aliphatic carbocycles. The largest absolute Gasteiger partial charge is 0.481 e. The van der Waals surface area contributed by atoms with Crippen LogP contribution in [0.1, 0.15) is 161 Å². The monoisotopic (exact) mass is 1480 g/mol. The second kappa shape index (κ2) is 32.0. The Morgan fingerprint density at radius 2 is 0.885 bits per heavy atom. The molecule has 5 N–H and O–H groups in total. The van der Waals surface area contributed by atoms with Gasteiger partial charge in [-0.3, -0.25) is 24.0 Å². The number of carboxylic acid groups (broad SMARTS) is 1. The Hall–Kier alpha value is -13.2. The number of aromatic amines is 2. The van der Waals surface area contributed by atoms with Crippen LogP contribution in [0.4, 0.5) is 11.4 Å². The molecule has 113 heavy (non-hydrogen) atoms. The van der Waals surface area contributed by atoms with Gasteiger partial charge in [0.1, 0.15) is 0 Å². The number of amides is 2. The Kier molecular flexibility index (Phi) is 21.3. The van der Waals surface area contributed by atoms with Crippen LogP contribution in [0.3, 0.4) is 0 Å². The summed E-state index contributed by atoms with van der Waals surface area (Å²) in [6.07, 6.45) is 42.4. The first-order valence-corrected chi connectivity index (χ1v) is 38.8. The van der Waals surface area contributed by atoms with Gasteiger partial charge < -0.3 is 25.7 Å². The van der Waals surface area contributed by atoms with Gasteiger partial charge in [0.15, 0.2) is 11.6 Å². The third-order valence-electron chi connectivity index (χ3n) is 22.5. The number of nitrogens with one attached hydrogen (secondary N) is 4. The van der Waals surface area contributed by atoms with Crippen LogP contribution in [0, 0.1) is 37.0 Å². The van der Waals surface area contributed by atoms with Crippen LogP contribution < -0.4 is 10.6 Å². The molecule has 0 spiro atoms. The Labute approximate surface area is 660 Å².